The second-order valence-electron chi connectivity index (χ2n) is 5.56. The standard InChI is InChI=1S/C17H14F2IN3O3S/c1-26-16-7-2-10(8-13(16)20)15-9-14(17(18)19)22-23(15)11-3-5-12(6-4-11)27(21,24)25/h2-9,17H,1H3,(H2,21,24,25). The zero-order valence-corrected chi connectivity index (χ0v) is 16.9. The summed E-state index contributed by atoms with van der Waals surface area (Å²) in [5.74, 6) is 0.664. The second kappa shape index (κ2) is 7.52. The van der Waals surface area contributed by atoms with Crippen LogP contribution in [0.15, 0.2) is 53.4 Å². The summed E-state index contributed by atoms with van der Waals surface area (Å²) in [4.78, 5) is -0.0759. The van der Waals surface area contributed by atoms with Crippen LogP contribution in [0.3, 0.4) is 0 Å². The molecule has 0 saturated carbocycles. The maximum Gasteiger partial charge on any atom is 0.282 e. The molecule has 0 spiro atoms. The SMILES string of the molecule is COc1ccc(-c2cc(C(F)F)nn2-c2ccc(S(N)(=O)=O)cc2)cc1I. The van der Waals surface area contributed by atoms with E-state index in [4.69, 9.17) is 9.88 Å². The Kier molecular flexibility index (Phi) is 5.49. The minimum Gasteiger partial charge on any atom is -0.496 e. The lowest BCUT2D eigenvalue weighted by atomic mass is 10.1. The van der Waals surface area contributed by atoms with Crippen molar-refractivity contribution in [1.82, 2.24) is 9.78 Å². The van der Waals surface area contributed by atoms with Crippen LogP contribution in [0, 0.1) is 3.57 Å². The fourth-order valence-electron chi connectivity index (χ4n) is 2.51. The molecule has 0 aliphatic heterocycles. The number of hydrogen-bond acceptors (Lipinski definition) is 4. The molecule has 1 heterocycles. The molecule has 0 fully saturated rings. The molecule has 3 rings (SSSR count). The van der Waals surface area contributed by atoms with Crippen LogP contribution in [-0.2, 0) is 10.0 Å². The van der Waals surface area contributed by atoms with Crippen LogP contribution in [0.2, 0.25) is 0 Å². The molecule has 0 aliphatic carbocycles. The van der Waals surface area contributed by atoms with E-state index in [1.54, 1.807) is 25.3 Å². The van der Waals surface area contributed by atoms with Gasteiger partial charge in [0.25, 0.3) is 6.43 Å². The lowest BCUT2D eigenvalue weighted by Crippen LogP contribution is -2.12. The van der Waals surface area contributed by atoms with E-state index in [1.807, 2.05) is 0 Å². The van der Waals surface area contributed by atoms with Crippen LogP contribution in [0.1, 0.15) is 12.1 Å². The van der Waals surface area contributed by atoms with Gasteiger partial charge in [0.2, 0.25) is 10.0 Å². The highest BCUT2D eigenvalue weighted by molar-refractivity contribution is 14.1. The maximum absolute atomic E-state index is 13.2. The highest BCUT2D eigenvalue weighted by Gasteiger charge is 2.19. The summed E-state index contributed by atoms with van der Waals surface area (Å²) < 4.78 is 56.6. The van der Waals surface area contributed by atoms with Crippen molar-refractivity contribution < 1.29 is 21.9 Å². The number of sulfonamides is 1. The molecule has 2 aromatic carbocycles. The molecular weight excluding hydrogens is 491 g/mol. The van der Waals surface area contributed by atoms with Crippen LogP contribution in [0.4, 0.5) is 8.78 Å². The molecule has 3 aromatic rings. The average molecular weight is 505 g/mol. The van der Waals surface area contributed by atoms with Crippen molar-refractivity contribution in [3.63, 3.8) is 0 Å². The number of methoxy groups -OCH3 is 1. The number of alkyl halides is 2. The van der Waals surface area contributed by atoms with E-state index in [9.17, 15) is 17.2 Å². The van der Waals surface area contributed by atoms with Gasteiger partial charge >= 0.3 is 0 Å². The first-order valence-corrected chi connectivity index (χ1v) is 10.2. The van der Waals surface area contributed by atoms with Gasteiger partial charge in [0.15, 0.2) is 0 Å². The zero-order valence-electron chi connectivity index (χ0n) is 13.9. The van der Waals surface area contributed by atoms with E-state index < -0.39 is 16.4 Å². The van der Waals surface area contributed by atoms with E-state index in [-0.39, 0.29) is 10.6 Å². The molecule has 0 radical (unpaired) electrons. The number of rotatable bonds is 5. The number of hydrogen-bond donors (Lipinski definition) is 1. The normalized spacial score (nSPS) is 11.8. The smallest absolute Gasteiger partial charge is 0.282 e. The molecule has 0 bridgehead atoms. The van der Waals surface area contributed by atoms with Crippen LogP contribution in [0.25, 0.3) is 16.9 Å². The molecule has 0 amide bonds. The van der Waals surface area contributed by atoms with Gasteiger partial charge in [-0.25, -0.2) is 27.0 Å². The second-order valence-corrected chi connectivity index (χ2v) is 8.28. The van der Waals surface area contributed by atoms with Crippen LogP contribution < -0.4 is 9.88 Å². The van der Waals surface area contributed by atoms with E-state index >= 15 is 0 Å². The van der Waals surface area contributed by atoms with Crippen molar-refractivity contribution >= 4 is 32.6 Å². The van der Waals surface area contributed by atoms with Crippen LogP contribution in [0.5, 0.6) is 5.75 Å². The Labute approximate surface area is 168 Å². The highest BCUT2D eigenvalue weighted by Crippen LogP contribution is 2.32. The van der Waals surface area contributed by atoms with Gasteiger partial charge in [-0.05, 0) is 71.1 Å². The van der Waals surface area contributed by atoms with E-state index in [0.717, 1.165) is 3.57 Å². The monoisotopic (exact) mass is 505 g/mol. The van der Waals surface area contributed by atoms with Crippen molar-refractivity contribution in [3.8, 4) is 22.7 Å². The number of ether oxygens (including phenoxy) is 1. The zero-order chi connectivity index (χ0) is 19.8. The number of nitrogens with two attached hydrogens (primary N) is 1. The lowest BCUT2D eigenvalue weighted by Gasteiger charge is -2.10. The Morgan fingerprint density at radius 1 is 1.15 bits per heavy atom. The fourth-order valence-corrected chi connectivity index (χ4v) is 3.76. The quantitative estimate of drug-likeness (QED) is 0.536. The largest absolute Gasteiger partial charge is 0.496 e. The molecule has 10 heteroatoms. The Morgan fingerprint density at radius 2 is 1.81 bits per heavy atom. The van der Waals surface area contributed by atoms with E-state index in [0.29, 0.717) is 22.7 Å². The Balaban J connectivity index is 2.14. The van der Waals surface area contributed by atoms with Crippen LogP contribution in [-0.4, -0.2) is 25.3 Å². The Morgan fingerprint density at radius 3 is 2.33 bits per heavy atom. The maximum atomic E-state index is 13.2. The highest BCUT2D eigenvalue weighted by atomic mass is 127. The number of nitrogens with zero attached hydrogens (tertiary/aromatic N) is 2. The van der Waals surface area contributed by atoms with Crippen LogP contribution >= 0.6 is 22.6 Å². The van der Waals surface area contributed by atoms with Gasteiger partial charge in [-0.2, -0.15) is 5.10 Å². The number of benzene rings is 2. The van der Waals surface area contributed by atoms with E-state index in [1.165, 1.54) is 35.0 Å². The lowest BCUT2D eigenvalue weighted by molar-refractivity contribution is 0.145. The van der Waals surface area contributed by atoms with Gasteiger partial charge in [0.1, 0.15) is 11.4 Å². The summed E-state index contributed by atoms with van der Waals surface area (Å²) in [7, 11) is -2.31. The van der Waals surface area contributed by atoms with Crippen molar-refractivity contribution in [1.29, 1.82) is 0 Å². The van der Waals surface area contributed by atoms with E-state index in [2.05, 4.69) is 27.7 Å². The van der Waals surface area contributed by atoms with Gasteiger partial charge in [0, 0.05) is 5.56 Å². The topological polar surface area (TPSA) is 87.2 Å². The summed E-state index contributed by atoms with van der Waals surface area (Å²) >= 11 is 2.09. The van der Waals surface area contributed by atoms with Gasteiger partial charge in [-0.1, -0.05) is 0 Å². The minimum absolute atomic E-state index is 0.0759. The fraction of sp³-hybridized carbons (Fsp3) is 0.118. The van der Waals surface area contributed by atoms with Gasteiger partial charge in [0.05, 0.1) is 27.0 Å². The predicted molar refractivity (Wildman–Crippen MR) is 105 cm³/mol. The molecular formula is C17H14F2IN3O3S. The first kappa shape index (κ1) is 19.7. The number of halogens is 3. The summed E-state index contributed by atoms with van der Waals surface area (Å²) in [6.07, 6.45) is -2.74. The molecule has 1 aromatic heterocycles. The molecule has 0 unspecified atom stereocenters. The van der Waals surface area contributed by atoms with Crippen molar-refractivity contribution in [3.05, 3.63) is 57.8 Å². The summed E-state index contributed by atoms with van der Waals surface area (Å²) in [6, 6.07) is 12.1. The molecule has 0 atom stereocenters. The summed E-state index contributed by atoms with van der Waals surface area (Å²) in [6.45, 7) is 0. The summed E-state index contributed by atoms with van der Waals surface area (Å²) in [5, 5.41) is 9.06. The third kappa shape index (κ3) is 4.12. The number of primary sulfonamides is 1. The molecule has 142 valence electrons. The molecule has 2 N–H and O–H groups in total. The van der Waals surface area contributed by atoms with Crippen molar-refractivity contribution in [2.24, 2.45) is 5.14 Å². The van der Waals surface area contributed by atoms with Gasteiger partial charge in [-0.3, -0.25) is 0 Å². The first-order valence-electron chi connectivity index (χ1n) is 7.56. The molecule has 6 nitrogen and oxygen atoms in total. The van der Waals surface area contributed by atoms with Crippen molar-refractivity contribution in [2.75, 3.05) is 7.11 Å². The van der Waals surface area contributed by atoms with Crippen molar-refractivity contribution in [2.45, 2.75) is 11.3 Å². The molecule has 27 heavy (non-hydrogen) atoms. The Bertz CT molecular complexity index is 1080. The summed E-state index contributed by atoms with van der Waals surface area (Å²) in [5.41, 5.74) is 1.14. The third-order valence-electron chi connectivity index (χ3n) is 3.81. The number of aromatic nitrogens is 2. The van der Waals surface area contributed by atoms with Gasteiger partial charge in [-0.15, -0.1) is 0 Å². The average Bonchev–Trinajstić information content (AvgIpc) is 3.06. The Hall–Kier alpha value is -2.05. The third-order valence-corrected chi connectivity index (χ3v) is 5.58. The molecule has 0 aliphatic rings. The molecule has 0 saturated heterocycles. The van der Waals surface area contributed by atoms with Gasteiger partial charge < -0.3 is 4.74 Å². The minimum atomic E-state index is -3.85. The first-order chi connectivity index (χ1) is 12.7. The predicted octanol–water partition coefficient (Wildman–Crippen LogP) is 3.74.